The Morgan fingerprint density at radius 3 is 2.71 bits per heavy atom. The minimum Gasteiger partial charge on any atom is -0.491 e. The van der Waals surface area contributed by atoms with Gasteiger partial charge in [-0.2, -0.15) is 0 Å². The molecular weight excluding hydrogens is 540 g/mol. The fraction of sp³-hybridized carbons (Fsp3) is 0.438. The van der Waals surface area contributed by atoms with E-state index in [9.17, 15) is 9.59 Å². The first-order chi connectivity index (χ1) is 20.0. The molecule has 0 unspecified atom stereocenters. The maximum absolute atomic E-state index is 14.0. The summed E-state index contributed by atoms with van der Waals surface area (Å²) in [6, 6.07) is 15.2. The van der Waals surface area contributed by atoms with E-state index in [0.717, 1.165) is 30.6 Å². The van der Waals surface area contributed by atoms with Crippen LogP contribution >= 0.6 is 11.3 Å². The second-order valence-corrected chi connectivity index (χ2v) is 12.1. The summed E-state index contributed by atoms with van der Waals surface area (Å²) in [5.41, 5.74) is 2.84. The van der Waals surface area contributed by atoms with E-state index in [2.05, 4.69) is 37.4 Å². The molecule has 0 bridgehead atoms. The van der Waals surface area contributed by atoms with Gasteiger partial charge >= 0.3 is 0 Å². The van der Waals surface area contributed by atoms with E-state index in [1.54, 1.807) is 34.4 Å². The van der Waals surface area contributed by atoms with E-state index in [-0.39, 0.29) is 37.3 Å². The minimum atomic E-state index is -0.229. The minimum absolute atomic E-state index is 0.0355. The van der Waals surface area contributed by atoms with Crippen molar-refractivity contribution in [3.63, 3.8) is 0 Å². The summed E-state index contributed by atoms with van der Waals surface area (Å²) in [6.45, 7) is 6.39. The number of nitrogens with zero attached hydrogens (tertiary/aromatic N) is 2. The zero-order chi connectivity index (χ0) is 28.3. The molecule has 4 heterocycles. The van der Waals surface area contributed by atoms with Crippen LogP contribution in [0.2, 0.25) is 0 Å². The van der Waals surface area contributed by atoms with Gasteiger partial charge in [0.15, 0.2) is 11.5 Å². The fourth-order valence-corrected chi connectivity index (χ4v) is 6.65. The average Bonchev–Trinajstić information content (AvgIpc) is 3.77. The van der Waals surface area contributed by atoms with Crippen molar-refractivity contribution in [1.29, 1.82) is 0 Å². The van der Waals surface area contributed by atoms with E-state index in [4.69, 9.17) is 18.9 Å². The molecule has 6 rings (SSSR count). The molecule has 1 fully saturated rings. The maximum Gasteiger partial charge on any atom is 0.254 e. The highest BCUT2D eigenvalue weighted by Gasteiger charge is 2.35. The predicted molar refractivity (Wildman–Crippen MR) is 156 cm³/mol. The largest absolute Gasteiger partial charge is 0.491 e. The normalized spacial score (nSPS) is 19.3. The first-order valence-corrected chi connectivity index (χ1v) is 15.2. The van der Waals surface area contributed by atoms with Gasteiger partial charge in [0.25, 0.3) is 5.91 Å². The van der Waals surface area contributed by atoms with Gasteiger partial charge in [0, 0.05) is 30.1 Å². The Morgan fingerprint density at radius 2 is 1.93 bits per heavy atom. The number of thiophene rings is 1. The number of amides is 2. The Labute approximate surface area is 244 Å². The van der Waals surface area contributed by atoms with Crippen molar-refractivity contribution in [2.45, 2.75) is 51.2 Å². The number of carbonyl (C=O) groups is 2. The van der Waals surface area contributed by atoms with Gasteiger partial charge in [-0.3, -0.25) is 9.59 Å². The molecule has 0 spiro atoms. The summed E-state index contributed by atoms with van der Waals surface area (Å²) in [5.74, 6) is 2.06. The van der Waals surface area contributed by atoms with Crippen LogP contribution in [-0.2, 0) is 16.0 Å². The molecule has 1 aromatic heterocycles. The Bertz CT molecular complexity index is 1380. The smallest absolute Gasteiger partial charge is 0.254 e. The lowest BCUT2D eigenvalue weighted by atomic mass is 10.00. The van der Waals surface area contributed by atoms with Crippen molar-refractivity contribution < 1.29 is 28.5 Å². The van der Waals surface area contributed by atoms with Crippen LogP contribution < -0.4 is 14.2 Å². The summed E-state index contributed by atoms with van der Waals surface area (Å²) < 4.78 is 23.0. The monoisotopic (exact) mass is 576 g/mol. The Morgan fingerprint density at radius 1 is 1.10 bits per heavy atom. The van der Waals surface area contributed by atoms with Crippen molar-refractivity contribution in [2.24, 2.45) is 0 Å². The molecular formula is C32H36N2O6S. The molecule has 3 aromatic rings. The first kappa shape index (κ1) is 27.6. The molecule has 0 N–H and O–H groups in total. The standard InChI is InChI=1S/C32H36N2O6S/c1-21(2)22-5-8-24(9-6-22)38-19-27-26-12-15-41-30(26)11-13-34(27)31(35)18-33(17-25-4-3-14-37-25)32(36)23-7-10-28-29(16-23)40-20-39-28/h5-10,12,15-16,21,25,27H,3-4,11,13-14,17-20H2,1-2H3/t25-,27-/m1/s1. The van der Waals surface area contributed by atoms with Crippen molar-refractivity contribution >= 4 is 23.2 Å². The number of rotatable bonds is 9. The number of ether oxygens (including phenoxy) is 4. The number of fused-ring (bicyclic) bond motifs is 2. The molecule has 3 aliphatic heterocycles. The van der Waals surface area contributed by atoms with E-state index in [1.165, 1.54) is 10.4 Å². The second-order valence-electron chi connectivity index (χ2n) is 11.1. The highest BCUT2D eigenvalue weighted by atomic mass is 32.1. The van der Waals surface area contributed by atoms with Gasteiger partial charge in [-0.15, -0.1) is 11.3 Å². The Hall–Kier alpha value is -3.56. The highest BCUT2D eigenvalue weighted by molar-refractivity contribution is 7.10. The van der Waals surface area contributed by atoms with Crippen molar-refractivity contribution in [2.75, 3.05) is 39.6 Å². The summed E-state index contributed by atoms with van der Waals surface area (Å²) in [5, 5.41) is 2.08. The topological polar surface area (TPSA) is 77.5 Å². The third-order valence-electron chi connectivity index (χ3n) is 8.05. The van der Waals surface area contributed by atoms with Crippen LogP contribution in [0.3, 0.4) is 0 Å². The lowest BCUT2D eigenvalue weighted by Crippen LogP contribution is -2.49. The molecule has 2 amide bonds. The molecule has 8 nitrogen and oxygen atoms in total. The number of carbonyl (C=O) groups excluding carboxylic acids is 2. The van der Waals surface area contributed by atoms with Crippen LogP contribution in [0.25, 0.3) is 0 Å². The van der Waals surface area contributed by atoms with E-state index in [0.29, 0.717) is 49.3 Å². The van der Waals surface area contributed by atoms with Crippen molar-refractivity contribution in [3.05, 3.63) is 75.5 Å². The lowest BCUT2D eigenvalue weighted by molar-refractivity contribution is -0.135. The summed E-state index contributed by atoms with van der Waals surface area (Å²) in [7, 11) is 0. The predicted octanol–water partition coefficient (Wildman–Crippen LogP) is 5.43. The van der Waals surface area contributed by atoms with Crippen LogP contribution in [0.15, 0.2) is 53.9 Å². The van der Waals surface area contributed by atoms with Crippen molar-refractivity contribution in [1.82, 2.24) is 9.80 Å². The molecule has 2 atom stereocenters. The SMILES string of the molecule is CC(C)c1ccc(OC[C@@H]2c3ccsc3CCN2C(=O)CN(C[C@H]2CCCO2)C(=O)c2ccc3c(c2)OCO3)cc1. The third kappa shape index (κ3) is 6.06. The Kier molecular flexibility index (Phi) is 8.16. The van der Waals surface area contributed by atoms with Crippen LogP contribution in [0.5, 0.6) is 17.2 Å². The molecule has 0 saturated carbocycles. The number of hydrogen-bond acceptors (Lipinski definition) is 7. The molecule has 0 aliphatic carbocycles. The summed E-state index contributed by atoms with van der Waals surface area (Å²) >= 11 is 1.72. The molecule has 3 aliphatic rings. The third-order valence-corrected chi connectivity index (χ3v) is 9.05. The zero-order valence-electron chi connectivity index (χ0n) is 23.5. The highest BCUT2D eigenvalue weighted by Crippen LogP contribution is 2.35. The van der Waals surface area contributed by atoms with Gasteiger partial charge in [-0.1, -0.05) is 26.0 Å². The van der Waals surface area contributed by atoms with Gasteiger partial charge in [0.1, 0.15) is 18.9 Å². The molecule has 2 aromatic carbocycles. The van der Waals surface area contributed by atoms with E-state index < -0.39 is 0 Å². The number of benzene rings is 2. The van der Waals surface area contributed by atoms with Gasteiger partial charge in [0.2, 0.25) is 12.7 Å². The van der Waals surface area contributed by atoms with E-state index in [1.807, 2.05) is 17.0 Å². The van der Waals surface area contributed by atoms with Crippen molar-refractivity contribution in [3.8, 4) is 17.2 Å². The molecule has 0 radical (unpaired) electrons. The fourth-order valence-electron chi connectivity index (χ4n) is 5.72. The van der Waals surface area contributed by atoms with Gasteiger partial charge < -0.3 is 28.7 Å². The van der Waals surface area contributed by atoms with Crippen LogP contribution in [-0.4, -0.2) is 67.4 Å². The van der Waals surface area contributed by atoms with E-state index >= 15 is 0 Å². The molecule has 216 valence electrons. The summed E-state index contributed by atoms with van der Waals surface area (Å²) in [4.78, 5) is 32.5. The maximum atomic E-state index is 14.0. The van der Waals surface area contributed by atoms with Crippen LogP contribution in [0.4, 0.5) is 0 Å². The van der Waals surface area contributed by atoms with Gasteiger partial charge in [-0.25, -0.2) is 0 Å². The van der Waals surface area contributed by atoms with Gasteiger partial charge in [-0.05, 0) is 78.1 Å². The average molecular weight is 577 g/mol. The summed E-state index contributed by atoms with van der Waals surface area (Å²) in [6.07, 6.45) is 2.53. The molecule has 1 saturated heterocycles. The van der Waals surface area contributed by atoms with Crippen LogP contribution in [0, 0.1) is 0 Å². The lowest BCUT2D eigenvalue weighted by Gasteiger charge is -2.37. The molecule has 41 heavy (non-hydrogen) atoms. The van der Waals surface area contributed by atoms with Gasteiger partial charge in [0.05, 0.1) is 12.1 Å². The number of hydrogen-bond donors (Lipinski definition) is 0. The molecule has 9 heteroatoms. The quantitative estimate of drug-likeness (QED) is 0.338. The van der Waals surface area contributed by atoms with Crippen LogP contribution in [0.1, 0.15) is 65.0 Å². The zero-order valence-corrected chi connectivity index (χ0v) is 24.4. The first-order valence-electron chi connectivity index (χ1n) is 14.4. The second kappa shape index (κ2) is 12.1. The Balaban J connectivity index is 1.20.